The van der Waals surface area contributed by atoms with E-state index in [0.717, 1.165) is 30.9 Å². The van der Waals surface area contributed by atoms with Crippen LogP contribution in [0.1, 0.15) is 49.9 Å². The SMILES string of the molecule is CCN(CC)CCCN1C(=O)C(=O)C(=C(O)c2ccc3c(c2)C[C@H](C)O3)[C@@H]1c1cccc([N+](=O)[O-])c1. The first-order chi connectivity index (χ1) is 17.2. The number of amides is 1. The first-order valence-corrected chi connectivity index (χ1v) is 12.3. The molecule has 0 unspecified atom stereocenters. The average molecular weight is 494 g/mol. The molecule has 1 fully saturated rings. The number of hydrogen-bond acceptors (Lipinski definition) is 7. The van der Waals surface area contributed by atoms with Gasteiger partial charge in [-0.25, -0.2) is 0 Å². The number of ketones is 1. The first-order valence-electron chi connectivity index (χ1n) is 12.3. The van der Waals surface area contributed by atoms with Crippen molar-refractivity contribution >= 4 is 23.1 Å². The van der Waals surface area contributed by atoms with Crippen LogP contribution in [0.25, 0.3) is 5.76 Å². The largest absolute Gasteiger partial charge is 0.507 e. The van der Waals surface area contributed by atoms with E-state index in [1.165, 1.54) is 23.1 Å². The van der Waals surface area contributed by atoms with E-state index >= 15 is 0 Å². The normalized spacial score (nSPS) is 20.6. The summed E-state index contributed by atoms with van der Waals surface area (Å²) in [5.41, 5.74) is 1.51. The number of ether oxygens (including phenoxy) is 1. The van der Waals surface area contributed by atoms with Crippen LogP contribution in [0.5, 0.6) is 5.75 Å². The Labute approximate surface area is 210 Å². The van der Waals surface area contributed by atoms with Gasteiger partial charge in [-0.15, -0.1) is 0 Å². The summed E-state index contributed by atoms with van der Waals surface area (Å²) in [6.45, 7) is 8.81. The predicted molar refractivity (Wildman–Crippen MR) is 135 cm³/mol. The summed E-state index contributed by atoms with van der Waals surface area (Å²) < 4.78 is 5.74. The van der Waals surface area contributed by atoms with Gasteiger partial charge in [0.2, 0.25) is 0 Å². The summed E-state index contributed by atoms with van der Waals surface area (Å²) in [6.07, 6.45) is 1.30. The molecule has 190 valence electrons. The van der Waals surface area contributed by atoms with Crippen LogP contribution in [0.15, 0.2) is 48.0 Å². The van der Waals surface area contributed by atoms with Gasteiger partial charge in [-0.05, 0) is 62.3 Å². The zero-order valence-corrected chi connectivity index (χ0v) is 20.8. The summed E-state index contributed by atoms with van der Waals surface area (Å²) in [6, 6.07) is 10.1. The van der Waals surface area contributed by atoms with Crippen LogP contribution < -0.4 is 4.74 Å². The number of rotatable bonds is 9. The second kappa shape index (κ2) is 10.5. The van der Waals surface area contributed by atoms with Gasteiger partial charge in [-0.1, -0.05) is 26.0 Å². The van der Waals surface area contributed by atoms with Gasteiger partial charge in [0.05, 0.1) is 16.5 Å². The van der Waals surface area contributed by atoms with Crippen molar-refractivity contribution in [2.45, 2.75) is 45.8 Å². The van der Waals surface area contributed by atoms with Crippen molar-refractivity contribution in [1.82, 2.24) is 9.80 Å². The van der Waals surface area contributed by atoms with Crippen LogP contribution in [-0.2, 0) is 16.0 Å². The number of carbonyl (C=O) groups is 2. The minimum atomic E-state index is -0.926. The standard InChI is InChI=1S/C27H31N3O6/c1-4-28(5-2)12-7-13-29-24(18-8-6-9-21(16-18)30(34)35)23(26(32)27(29)33)25(31)19-10-11-22-20(15-19)14-17(3)36-22/h6,8-11,15-17,24,31H,4-5,7,12-14H2,1-3H3/t17-,24-/m0/s1. The third kappa shape index (κ3) is 4.83. The Morgan fingerprint density at radius 1 is 1.19 bits per heavy atom. The highest BCUT2D eigenvalue weighted by Crippen LogP contribution is 2.41. The fourth-order valence-electron chi connectivity index (χ4n) is 4.99. The molecule has 1 amide bonds. The fraction of sp³-hybridized carbons (Fsp3) is 0.407. The molecule has 2 aromatic rings. The van der Waals surface area contributed by atoms with E-state index in [1.54, 1.807) is 24.3 Å². The van der Waals surface area contributed by atoms with E-state index in [4.69, 9.17) is 4.74 Å². The van der Waals surface area contributed by atoms with Crippen LogP contribution in [0, 0.1) is 10.1 Å². The molecule has 0 spiro atoms. The summed E-state index contributed by atoms with van der Waals surface area (Å²) in [5, 5.41) is 22.8. The second-order valence-electron chi connectivity index (χ2n) is 9.18. The van der Waals surface area contributed by atoms with Crippen LogP contribution in [0.3, 0.4) is 0 Å². The van der Waals surface area contributed by atoms with Gasteiger partial charge < -0.3 is 19.6 Å². The Bertz CT molecular complexity index is 1220. The lowest BCUT2D eigenvalue weighted by Crippen LogP contribution is -2.33. The van der Waals surface area contributed by atoms with Gasteiger partial charge in [-0.2, -0.15) is 0 Å². The number of nitro groups is 1. The summed E-state index contributed by atoms with van der Waals surface area (Å²) in [5.74, 6) is -1.08. The summed E-state index contributed by atoms with van der Waals surface area (Å²) >= 11 is 0. The van der Waals surface area contributed by atoms with E-state index in [-0.39, 0.29) is 29.7 Å². The number of hydrogen-bond donors (Lipinski definition) is 1. The molecule has 2 aromatic carbocycles. The minimum Gasteiger partial charge on any atom is -0.507 e. The van der Waals surface area contributed by atoms with Crippen LogP contribution in [0.2, 0.25) is 0 Å². The van der Waals surface area contributed by atoms with Gasteiger partial charge >= 0.3 is 0 Å². The molecule has 2 aliphatic heterocycles. The molecule has 9 heteroatoms. The average Bonchev–Trinajstić information content (AvgIpc) is 3.37. The van der Waals surface area contributed by atoms with Crippen molar-refractivity contribution in [2.75, 3.05) is 26.2 Å². The number of non-ortho nitro benzene ring substituents is 1. The molecule has 36 heavy (non-hydrogen) atoms. The molecule has 9 nitrogen and oxygen atoms in total. The topological polar surface area (TPSA) is 113 Å². The zero-order chi connectivity index (χ0) is 26.0. The number of aliphatic hydroxyl groups is 1. The van der Waals surface area contributed by atoms with E-state index in [9.17, 15) is 24.8 Å². The molecule has 0 radical (unpaired) electrons. The number of fused-ring (bicyclic) bond motifs is 1. The third-order valence-corrected chi connectivity index (χ3v) is 6.87. The van der Waals surface area contributed by atoms with Gasteiger partial charge in [0.25, 0.3) is 17.4 Å². The molecule has 1 saturated heterocycles. The molecule has 2 aliphatic rings. The molecular formula is C27H31N3O6. The van der Waals surface area contributed by atoms with Gasteiger partial charge in [0, 0.05) is 30.7 Å². The first kappa shape index (κ1) is 25.4. The Kier molecular flexibility index (Phi) is 7.40. The number of benzene rings is 2. The molecule has 2 heterocycles. The van der Waals surface area contributed by atoms with Gasteiger partial charge in [0.1, 0.15) is 17.6 Å². The van der Waals surface area contributed by atoms with Gasteiger partial charge in [-0.3, -0.25) is 19.7 Å². The Morgan fingerprint density at radius 3 is 2.64 bits per heavy atom. The zero-order valence-electron chi connectivity index (χ0n) is 20.8. The van der Waals surface area contributed by atoms with Crippen molar-refractivity contribution in [3.63, 3.8) is 0 Å². The van der Waals surface area contributed by atoms with Crippen molar-refractivity contribution in [2.24, 2.45) is 0 Å². The highest BCUT2D eigenvalue weighted by atomic mass is 16.6. The number of carbonyl (C=O) groups excluding carboxylic acids is 2. The lowest BCUT2D eigenvalue weighted by molar-refractivity contribution is -0.384. The molecule has 2 atom stereocenters. The smallest absolute Gasteiger partial charge is 0.295 e. The van der Waals surface area contributed by atoms with Crippen molar-refractivity contribution in [1.29, 1.82) is 0 Å². The second-order valence-corrected chi connectivity index (χ2v) is 9.18. The van der Waals surface area contributed by atoms with E-state index < -0.39 is 22.7 Å². The Hall–Kier alpha value is -3.72. The number of aliphatic hydroxyl groups excluding tert-OH is 1. The summed E-state index contributed by atoms with van der Waals surface area (Å²) in [4.78, 5) is 41.0. The van der Waals surface area contributed by atoms with E-state index in [2.05, 4.69) is 18.7 Å². The lowest BCUT2D eigenvalue weighted by atomic mass is 9.94. The molecule has 4 rings (SSSR count). The van der Waals surface area contributed by atoms with E-state index in [0.29, 0.717) is 24.0 Å². The third-order valence-electron chi connectivity index (χ3n) is 6.87. The predicted octanol–water partition coefficient (Wildman–Crippen LogP) is 4.07. The Balaban J connectivity index is 1.77. The van der Waals surface area contributed by atoms with Crippen molar-refractivity contribution < 1.29 is 24.4 Å². The number of nitro benzene ring substituents is 1. The summed E-state index contributed by atoms with van der Waals surface area (Å²) in [7, 11) is 0. The van der Waals surface area contributed by atoms with E-state index in [1.807, 2.05) is 6.92 Å². The molecule has 0 aromatic heterocycles. The minimum absolute atomic E-state index is 0.0126. The van der Waals surface area contributed by atoms with Gasteiger partial charge in [0.15, 0.2) is 0 Å². The molecule has 0 aliphatic carbocycles. The highest BCUT2D eigenvalue weighted by Gasteiger charge is 2.46. The maximum absolute atomic E-state index is 13.3. The maximum atomic E-state index is 13.3. The number of nitrogens with zero attached hydrogens (tertiary/aromatic N) is 3. The van der Waals surface area contributed by atoms with Crippen molar-refractivity contribution in [3.8, 4) is 5.75 Å². The quantitative estimate of drug-likeness (QED) is 0.184. The molecular weight excluding hydrogens is 462 g/mol. The molecule has 0 bridgehead atoms. The lowest BCUT2D eigenvalue weighted by Gasteiger charge is -2.26. The van der Waals surface area contributed by atoms with Crippen LogP contribution in [0.4, 0.5) is 5.69 Å². The number of likely N-dealkylation sites (tertiary alicyclic amines) is 1. The van der Waals surface area contributed by atoms with Crippen molar-refractivity contribution in [3.05, 3.63) is 74.8 Å². The molecule has 1 N–H and O–H groups in total. The highest BCUT2D eigenvalue weighted by molar-refractivity contribution is 6.46. The number of Topliss-reactive ketones (excluding diaryl/α,β-unsaturated/α-hetero) is 1. The van der Waals surface area contributed by atoms with Crippen LogP contribution in [-0.4, -0.2) is 63.8 Å². The Morgan fingerprint density at radius 2 is 1.94 bits per heavy atom. The van der Waals surface area contributed by atoms with Crippen LogP contribution >= 0.6 is 0 Å². The maximum Gasteiger partial charge on any atom is 0.295 e. The molecule has 0 saturated carbocycles. The monoisotopic (exact) mass is 493 g/mol. The fourth-order valence-corrected chi connectivity index (χ4v) is 4.99.